The molecule has 0 aliphatic heterocycles. The number of fused-ring (bicyclic) bond motifs is 1. The number of rotatable bonds is 5. The Morgan fingerprint density at radius 2 is 1.80 bits per heavy atom. The van der Waals surface area contributed by atoms with E-state index in [1.807, 2.05) is 61.5 Å². The molecule has 25 heavy (non-hydrogen) atoms. The van der Waals surface area contributed by atoms with Crippen LogP contribution in [0.4, 0.5) is 5.69 Å². The van der Waals surface area contributed by atoms with Crippen LogP contribution in [0.3, 0.4) is 0 Å². The van der Waals surface area contributed by atoms with E-state index in [0.29, 0.717) is 5.56 Å². The minimum absolute atomic E-state index is 0.0661. The van der Waals surface area contributed by atoms with E-state index in [1.165, 1.54) is 0 Å². The molecule has 1 atom stereocenters. The smallest absolute Gasteiger partial charge is 0.333 e. The Balaban J connectivity index is 2.10. The Morgan fingerprint density at radius 1 is 1.08 bits per heavy atom. The molecule has 0 bridgehead atoms. The van der Waals surface area contributed by atoms with Gasteiger partial charge in [0.15, 0.2) is 6.04 Å². The zero-order valence-electron chi connectivity index (χ0n) is 14.3. The number of carbonyl (C=O) groups is 1. The fourth-order valence-corrected chi connectivity index (χ4v) is 2.88. The summed E-state index contributed by atoms with van der Waals surface area (Å²) in [6, 6.07) is 18.1. The summed E-state index contributed by atoms with van der Waals surface area (Å²) in [4.78, 5) is 12.6. The second kappa shape index (κ2) is 7.26. The number of phenolic OH excluding ortho intramolecular Hbond substituents is 1. The van der Waals surface area contributed by atoms with E-state index >= 15 is 0 Å². The Hall–Kier alpha value is -3.01. The van der Waals surface area contributed by atoms with Crippen molar-refractivity contribution in [2.75, 3.05) is 11.9 Å². The third kappa shape index (κ3) is 3.58. The molecule has 0 aliphatic rings. The second-order valence-electron chi connectivity index (χ2n) is 5.91. The van der Waals surface area contributed by atoms with Crippen LogP contribution >= 0.6 is 0 Å². The molecule has 0 amide bonds. The van der Waals surface area contributed by atoms with Crippen molar-refractivity contribution in [1.82, 2.24) is 0 Å². The molecule has 3 aromatic carbocycles. The molecule has 4 nitrogen and oxygen atoms in total. The molecule has 0 heterocycles. The van der Waals surface area contributed by atoms with E-state index in [2.05, 4.69) is 5.32 Å². The Labute approximate surface area is 147 Å². The van der Waals surface area contributed by atoms with Crippen molar-refractivity contribution in [3.63, 3.8) is 0 Å². The SMILES string of the molecule is CCOC(=O)C(Nc1ccc(C)cc1)c1c(O)ccc2ccccc12. The Bertz CT molecular complexity index is 887. The molecule has 0 saturated heterocycles. The zero-order chi connectivity index (χ0) is 17.8. The molecule has 3 aromatic rings. The van der Waals surface area contributed by atoms with Gasteiger partial charge in [-0.15, -0.1) is 0 Å². The molecule has 0 aliphatic carbocycles. The maximum Gasteiger partial charge on any atom is 0.333 e. The van der Waals surface area contributed by atoms with Gasteiger partial charge in [0.05, 0.1) is 6.61 Å². The van der Waals surface area contributed by atoms with Gasteiger partial charge in [0.25, 0.3) is 0 Å². The monoisotopic (exact) mass is 335 g/mol. The summed E-state index contributed by atoms with van der Waals surface area (Å²) in [5.74, 6) is -0.355. The normalized spacial score (nSPS) is 11.9. The number of hydrogen-bond donors (Lipinski definition) is 2. The molecular weight excluding hydrogens is 314 g/mol. The fourth-order valence-electron chi connectivity index (χ4n) is 2.88. The number of nitrogens with one attached hydrogen (secondary N) is 1. The highest BCUT2D eigenvalue weighted by molar-refractivity contribution is 5.94. The van der Waals surface area contributed by atoms with Crippen LogP contribution in [0.1, 0.15) is 24.1 Å². The Morgan fingerprint density at radius 3 is 2.52 bits per heavy atom. The number of carbonyl (C=O) groups excluding carboxylic acids is 1. The van der Waals surface area contributed by atoms with Gasteiger partial charge in [0.2, 0.25) is 0 Å². The van der Waals surface area contributed by atoms with Gasteiger partial charge in [0.1, 0.15) is 5.75 Å². The molecule has 0 spiro atoms. The summed E-state index contributed by atoms with van der Waals surface area (Å²) >= 11 is 0. The molecule has 4 heteroatoms. The van der Waals surface area contributed by atoms with Gasteiger partial charge in [-0.05, 0) is 42.8 Å². The third-order valence-corrected chi connectivity index (χ3v) is 4.12. The first kappa shape index (κ1) is 16.8. The minimum atomic E-state index is -0.797. The molecule has 1 unspecified atom stereocenters. The molecule has 0 aromatic heterocycles. The number of aryl methyl sites for hydroxylation is 1. The van der Waals surface area contributed by atoms with Crippen molar-refractivity contribution in [2.45, 2.75) is 19.9 Å². The topological polar surface area (TPSA) is 58.6 Å². The highest BCUT2D eigenvalue weighted by atomic mass is 16.5. The number of benzene rings is 3. The molecule has 2 N–H and O–H groups in total. The molecule has 3 rings (SSSR count). The summed E-state index contributed by atoms with van der Waals surface area (Å²) in [6.45, 7) is 4.05. The van der Waals surface area contributed by atoms with E-state index in [1.54, 1.807) is 13.0 Å². The van der Waals surface area contributed by atoms with Crippen molar-refractivity contribution in [1.29, 1.82) is 0 Å². The van der Waals surface area contributed by atoms with Gasteiger partial charge in [-0.3, -0.25) is 0 Å². The molecule has 0 radical (unpaired) electrons. The number of aromatic hydroxyl groups is 1. The minimum Gasteiger partial charge on any atom is -0.508 e. The van der Waals surface area contributed by atoms with Gasteiger partial charge in [-0.25, -0.2) is 4.79 Å². The quantitative estimate of drug-likeness (QED) is 0.671. The van der Waals surface area contributed by atoms with Crippen LogP contribution in [0.2, 0.25) is 0 Å². The largest absolute Gasteiger partial charge is 0.508 e. The number of phenols is 1. The number of ether oxygens (including phenoxy) is 1. The maximum atomic E-state index is 12.6. The van der Waals surface area contributed by atoms with Crippen molar-refractivity contribution in [3.05, 3.63) is 71.8 Å². The van der Waals surface area contributed by atoms with Crippen LogP contribution in [-0.4, -0.2) is 17.7 Å². The van der Waals surface area contributed by atoms with Crippen LogP contribution in [0, 0.1) is 6.92 Å². The van der Waals surface area contributed by atoms with Crippen LogP contribution in [0.25, 0.3) is 10.8 Å². The Kier molecular flexibility index (Phi) is 4.89. The van der Waals surface area contributed by atoms with Crippen molar-refractivity contribution >= 4 is 22.4 Å². The van der Waals surface area contributed by atoms with E-state index < -0.39 is 12.0 Å². The predicted molar refractivity (Wildman–Crippen MR) is 99.8 cm³/mol. The molecule has 0 saturated carbocycles. The molecular formula is C21H21NO3. The van der Waals surface area contributed by atoms with Gasteiger partial charge >= 0.3 is 5.97 Å². The maximum absolute atomic E-state index is 12.6. The lowest BCUT2D eigenvalue weighted by molar-refractivity contribution is -0.144. The van der Waals surface area contributed by atoms with Crippen LogP contribution in [0.15, 0.2) is 60.7 Å². The summed E-state index contributed by atoms with van der Waals surface area (Å²) in [5.41, 5.74) is 2.44. The number of hydrogen-bond acceptors (Lipinski definition) is 4. The average Bonchev–Trinajstić information content (AvgIpc) is 2.62. The number of esters is 1. The second-order valence-corrected chi connectivity index (χ2v) is 5.91. The van der Waals surface area contributed by atoms with E-state index in [-0.39, 0.29) is 12.4 Å². The first-order valence-corrected chi connectivity index (χ1v) is 8.30. The fraction of sp³-hybridized carbons (Fsp3) is 0.190. The van der Waals surface area contributed by atoms with E-state index in [4.69, 9.17) is 4.74 Å². The van der Waals surface area contributed by atoms with Gasteiger partial charge in [-0.1, -0.05) is 48.0 Å². The lowest BCUT2D eigenvalue weighted by atomic mass is 9.97. The van der Waals surface area contributed by atoms with Crippen molar-refractivity contribution in [3.8, 4) is 5.75 Å². The summed E-state index contributed by atoms with van der Waals surface area (Å²) < 4.78 is 5.25. The van der Waals surface area contributed by atoms with Gasteiger partial charge in [-0.2, -0.15) is 0 Å². The van der Waals surface area contributed by atoms with E-state index in [9.17, 15) is 9.90 Å². The average molecular weight is 335 g/mol. The van der Waals surface area contributed by atoms with Crippen LogP contribution in [0.5, 0.6) is 5.75 Å². The highest BCUT2D eigenvalue weighted by Crippen LogP contribution is 2.35. The van der Waals surface area contributed by atoms with Crippen LogP contribution < -0.4 is 5.32 Å². The summed E-state index contributed by atoms with van der Waals surface area (Å²) in [7, 11) is 0. The zero-order valence-corrected chi connectivity index (χ0v) is 14.3. The summed E-state index contributed by atoms with van der Waals surface area (Å²) in [5, 5.41) is 15.4. The standard InChI is InChI=1S/C21H21NO3/c1-3-25-21(24)20(22-16-11-8-14(2)9-12-16)19-17-7-5-4-6-15(17)10-13-18(19)23/h4-13,20,22-23H,3H2,1-2H3. The van der Waals surface area contributed by atoms with Gasteiger partial charge in [0, 0.05) is 11.3 Å². The predicted octanol–water partition coefficient (Wildman–Crippen LogP) is 4.57. The number of anilines is 1. The lowest BCUT2D eigenvalue weighted by Crippen LogP contribution is -2.23. The lowest BCUT2D eigenvalue weighted by Gasteiger charge is -2.21. The van der Waals surface area contributed by atoms with E-state index in [0.717, 1.165) is 22.0 Å². The highest BCUT2D eigenvalue weighted by Gasteiger charge is 2.27. The van der Waals surface area contributed by atoms with Crippen molar-refractivity contribution in [2.24, 2.45) is 0 Å². The third-order valence-electron chi connectivity index (χ3n) is 4.12. The molecule has 128 valence electrons. The molecule has 0 fully saturated rings. The van der Waals surface area contributed by atoms with Gasteiger partial charge < -0.3 is 15.2 Å². The summed E-state index contributed by atoms with van der Waals surface area (Å²) in [6.07, 6.45) is 0. The van der Waals surface area contributed by atoms with Crippen molar-refractivity contribution < 1.29 is 14.6 Å². The first-order valence-electron chi connectivity index (χ1n) is 8.30. The van der Waals surface area contributed by atoms with Crippen LogP contribution in [-0.2, 0) is 9.53 Å². The first-order chi connectivity index (χ1) is 12.1.